The van der Waals surface area contributed by atoms with Crippen LogP contribution in [-0.4, -0.2) is 31.7 Å². The number of rotatable bonds is 1. The van der Waals surface area contributed by atoms with Crippen LogP contribution in [0.5, 0.6) is 0 Å². The topological polar surface area (TPSA) is 19.4 Å². The van der Waals surface area contributed by atoms with Crippen molar-refractivity contribution in [2.75, 3.05) is 36.5 Å². The molecule has 0 bridgehead atoms. The molecule has 0 saturated carbocycles. The fourth-order valence-electron chi connectivity index (χ4n) is 1.75. The molecule has 0 atom stereocenters. The maximum atomic E-state index is 4.38. The SMILES string of the molecule is CCN1CCN(C)c2ncccc21. The van der Waals surface area contributed by atoms with Crippen molar-refractivity contribution >= 4 is 11.5 Å². The van der Waals surface area contributed by atoms with Gasteiger partial charge in [0.1, 0.15) is 0 Å². The summed E-state index contributed by atoms with van der Waals surface area (Å²) in [7, 11) is 2.10. The van der Waals surface area contributed by atoms with Gasteiger partial charge in [-0.1, -0.05) is 0 Å². The maximum Gasteiger partial charge on any atom is 0.151 e. The first-order valence-electron chi connectivity index (χ1n) is 4.74. The van der Waals surface area contributed by atoms with Gasteiger partial charge in [0.2, 0.25) is 0 Å². The lowest BCUT2D eigenvalue weighted by atomic mass is 10.2. The molecule has 1 aliphatic rings. The molecule has 0 unspecified atom stereocenters. The first-order chi connectivity index (χ1) is 6.33. The van der Waals surface area contributed by atoms with E-state index >= 15 is 0 Å². The van der Waals surface area contributed by atoms with Gasteiger partial charge in [-0.3, -0.25) is 0 Å². The number of hydrogen-bond donors (Lipinski definition) is 0. The number of aromatic nitrogens is 1. The van der Waals surface area contributed by atoms with Crippen LogP contribution in [0.1, 0.15) is 6.92 Å². The molecule has 1 aromatic heterocycles. The predicted molar refractivity (Wildman–Crippen MR) is 55.4 cm³/mol. The zero-order chi connectivity index (χ0) is 9.26. The van der Waals surface area contributed by atoms with Gasteiger partial charge in [-0.15, -0.1) is 0 Å². The summed E-state index contributed by atoms with van der Waals surface area (Å²) < 4.78 is 0. The van der Waals surface area contributed by atoms with Gasteiger partial charge < -0.3 is 9.80 Å². The third kappa shape index (κ3) is 1.34. The Morgan fingerprint density at radius 3 is 3.08 bits per heavy atom. The first-order valence-corrected chi connectivity index (χ1v) is 4.74. The highest BCUT2D eigenvalue weighted by Crippen LogP contribution is 2.28. The van der Waals surface area contributed by atoms with Crippen LogP contribution in [0, 0.1) is 0 Å². The second kappa shape index (κ2) is 3.24. The van der Waals surface area contributed by atoms with E-state index in [1.165, 1.54) is 5.69 Å². The summed E-state index contributed by atoms with van der Waals surface area (Å²) in [4.78, 5) is 8.96. The second-order valence-corrected chi connectivity index (χ2v) is 3.35. The molecule has 0 N–H and O–H groups in total. The van der Waals surface area contributed by atoms with Crippen molar-refractivity contribution in [1.29, 1.82) is 0 Å². The Morgan fingerprint density at radius 1 is 1.46 bits per heavy atom. The van der Waals surface area contributed by atoms with Crippen molar-refractivity contribution in [2.24, 2.45) is 0 Å². The van der Waals surface area contributed by atoms with Crippen molar-refractivity contribution in [3.8, 4) is 0 Å². The smallest absolute Gasteiger partial charge is 0.151 e. The van der Waals surface area contributed by atoms with Gasteiger partial charge in [0.15, 0.2) is 5.82 Å². The van der Waals surface area contributed by atoms with Gasteiger partial charge in [0, 0.05) is 32.9 Å². The lowest BCUT2D eigenvalue weighted by Gasteiger charge is -2.35. The number of anilines is 2. The van der Waals surface area contributed by atoms with E-state index in [2.05, 4.69) is 34.8 Å². The lowest BCUT2D eigenvalue weighted by Crippen LogP contribution is -2.39. The zero-order valence-electron chi connectivity index (χ0n) is 8.20. The number of likely N-dealkylation sites (N-methyl/N-ethyl adjacent to an activating group) is 2. The van der Waals surface area contributed by atoms with Gasteiger partial charge in [-0.25, -0.2) is 4.98 Å². The summed E-state index contributed by atoms with van der Waals surface area (Å²) in [6, 6.07) is 4.14. The molecular weight excluding hydrogens is 162 g/mol. The first kappa shape index (κ1) is 8.35. The van der Waals surface area contributed by atoms with E-state index in [-0.39, 0.29) is 0 Å². The van der Waals surface area contributed by atoms with E-state index < -0.39 is 0 Å². The Bertz CT molecular complexity index is 298. The molecule has 2 heterocycles. The molecule has 0 saturated heterocycles. The van der Waals surface area contributed by atoms with Crippen LogP contribution in [0.25, 0.3) is 0 Å². The molecular formula is C10H15N3. The number of nitrogens with zero attached hydrogens (tertiary/aromatic N) is 3. The van der Waals surface area contributed by atoms with E-state index in [0.29, 0.717) is 0 Å². The number of hydrogen-bond acceptors (Lipinski definition) is 3. The normalized spacial score (nSPS) is 15.8. The van der Waals surface area contributed by atoms with Crippen molar-refractivity contribution in [3.05, 3.63) is 18.3 Å². The molecule has 0 aromatic carbocycles. The molecule has 0 aliphatic carbocycles. The van der Waals surface area contributed by atoms with Crippen molar-refractivity contribution < 1.29 is 0 Å². The summed E-state index contributed by atoms with van der Waals surface area (Å²) in [5.41, 5.74) is 1.26. The average molecular weight is 177 g/mol. The highest BCUT2D eigenvalue weighted by atomic mass is 15.3. The van der Waals surface area contributed by atoms with Crippen molar-refractivity contribution in [2.45, 2.75) is 6.92 Å². The van der Waals surface area contributed by atoms with Gasteiger partial charge in [0.05, 0.1) is 5.69 Å². The van der Waals surface area contributed by atoms with Crippen LogP contribution in [0.15, 0.2) is 18.3 Å². The molecule has 0 fully saturated rings. The molecule has 2 rings (SSSR count). The Labute approximate surface area is 79.0 Å². The highest BCUT2D eigenvalue weighted by molar-refractivity contribution is 5.68. The van der Waals surface area contributed by atoms with E-state index in [0.717, 1.165) is 25.5 Å². The third-order valence-electron chi connectivity index (χ3n) is 2.56. The monoisotopic (exact) mass is 177 g/mol. The molecule has 3 nitrogen and oxygen atoms in total. The van der Waals surface area contributed by atoms with Gasteiger partial charge in [0.25, 0.3) is 0 Å². The van der Waals surface area contributed by atoms with Gasteiger partial charge >= 0.3 is 0 Å². The minimum Gasteiger partial charge on any atom is -0.367 e. The fraction of sp³-hybridized carbons (Fsp3) is 0.500. The molecule has 0 amide bonds. The Kier molecular flexibility index (Phi) is 2.08. The summed E-state index contributed by atoms with van der Waals surface area (Å²) in [5.74, 6) is 1.11. The maximum absolute atomic E-state index is 4.38. The molecule has 0 radical (unpaired) electrons. The van der Waals surface area contributed by atoms with Crippen LogP contribution in [0.3, 0.4) is 0 Å². The minimum absolute atomic E-state index is 1.06. The molecule has 0 spiro atoms. The minimum atomic E-state index is 1.06. The predicted octanol–water partition coefficient (Wildman–Crippen LogP) is 1.36. The van der Waals surface area contributed by atoms with E-state index in [9.17, 15) is 0 Å². The van der Waals surface area contributed by atoms with Crippen LogP contribution < -0.4 is 9.80 Å². The van der Waals surface area contributed by atoms with Crippen LogP contribution >= 0.6 is 0 Å². The summed E-state index contributed by atoms with van der Waals surface area (Å²) in [6.45, 7) is 5.41. The third-order valence-corrected chi connectivity index (χ3v) is 2.56. The van der Waals surface area contributed by atoms with Crippen LogP contribution in [0.2, 0.25) is 0 Å². The van der Waals surface area contributed by atoms with Crippen LogP contribution in [0.4, 0.5) is 11.5 Å². The number of fused-ring (bicyclic) bond motifs is 1. The lowest BCUT2D eigenvalue weighted by molar-refractivity contribution is 0.743. The Morgan fingerprint density at radius 2 is 2.31 bits per heavy atom. The second-order valence-electron chi connectivity index (χ2n) is 3.35. The zero-order valence-corrected chi connectivity index (χ0v) is 8.20. The van der Waals surface area contributed by atoms with Gasteiger partial charge in [-0.2, -0.15) is 0 Å². The molecule has 1 aliphatic heterocycles. The van der Waals surface area contributed by atoms with Crippen molar-refractivity contribution in [1.82, 2.24) is 4.98 Å². The van der Waals surface area contributed by atoms with E-state index in [1.54, 1.807) is 0 Å². The van der Waals surface area contributed by atoms with Crippen molar-refractivity contribution in [3.63, 3.8) is 0 Å². The quantitative estimate of drug-likeness (QED) is 0.645. The molecule has 70 valence electrons. The van der Waals surface area contributed by atoms with Gasteiger partial charge in [-0.05, 0) is 19.1 Å². The largest absolute Gasteiger partial charge is 0.367 e. The summed E-state index contributed by atoms with van der Waals surface area (Å²) >= 11 is 0. The van der Waals surface area contributed by atoms with Crippen LogP contribution in [-0.2, 0) is 0 Å². The Balaban J connectivity index is 2.42. The molecule has 13 heavy (non-hydrogen) atoms. The fourth-order valence-corrected chi connectivity index (χ4v) is 1.75. The standard InChI is InChI=1S/C10H15N3/c1-3-13-8-7-12(2)10-9(13)5-4-6-11-10/h4-6H,3,7-8H2,1-2H3. The molecule has 3 heteroatoms. The summed E-state index contributed by atoms with van der Waals surface area (Å²) in [5, 5.41) is 0. The number of pyridine rings is 1. The average Bonchev–Trinajstić information content (AvgIpc) is 2.19. The van der Waals surface area contributed by atoms with E-state index in [1.807, 2.05) is 12.3 Å². The summed E-state index contributed by atoms with van der Waals surface area (Å²) in [6.07, 6.45) is 1.86. The molecule has 1 aromatic rings. The van der Waals surface area contributed by atoms with E-state index in [4.69, 9.17) is 0 Å². The Hall–Kier alpha value is -1.25. The highest BCUT2D eigenvalue weighted by Gasteiger charge is 2.18.